The molecule has 4 heteroatoms. The van der Waals surface area contributed by atoms with Gasteiger partial charge in [0.15, 0.2) is 5.78 Å². The highest BCUT2D eigenvalue weighted by molar-refractivity contribution is 5.85. The lowest BCUT2D eigenvalue weighted by atomic mass is 9.98. The van der Waals surface area contributed by atoms with Crippen LogP contribution in [0.3, 0.4) is 0 Å². The average molecular weight is 323 g/mol. The molecular weight excluding hydrogens is 302 g/mol. The zero-order valence-electron chi connectivity index (χ0n) is 13.9. The molecule has 0 radical (unpaired) electrons. The molecule has 1 aliphatic rings. The Balaban J connectivity index is 1.74. The van der Waals surface area contributed by atoms with E-state index in [0.29, 0.717) is 6.42 Å². The number of hydrogen-bond acceptors (Lipinski definition) is 3. The maximum absolute atomic E-state index is 12.0. The fraction of sp³-hybridized carbons (Fsp3) is 0.300. The number of hydrogen-bond donors (Lipinski definition) is 1. The van der Waals surface area contributed by atoms with E-state index < -0.39 is 12.1 Å². The SMILES string of the molecule is CC[C@@H](NC(=O)OCC1c2ccccc2-c2ccccc21)C(C)=O. The molecular formula is C20H21NO3. The van der Waals surface area contributed by atoms with Gasteiger partial charge < -0.3 is 10.1 Å². The number of fused-ring (bicyclic) bond motifs is 3. The van der Waals surface area contributed by atoms with E-state index in [1.165, 1.54) is 29.2 Å². The number of carbonyl (C=O) groups excluding carboxylic acids is 2. The molecule has 1 N–H and O–H groups in total. The van der Waals surface area contributed by atoms with Gasteiger partial charge in [0.05, 0.1) is 6.04 Å². The van der Waals surface area contributed by atoms with E-state index in [2.05, 4.69) is 29.6 Å². The topological polar surface area (TPSA) is 55.4 Å². The van der Waals surface area contributed by atoms with Crippen LogP contribution in [0.25, 0.3) is 11.1 Å². The number of amides is 1. The molecule has 0 fully saturated rings. The Hall–Kier alpha value is -2.62. The minimum atomic E-state index is -0.543. The first-order valence-electron chi connectivity index (χ1n) is 8.23. The third-order valence-corrected chi connectivity index (χ3v) is 4.53. The maximum atomic E-state index is 12.0. The quantitative estimate of drug-likeness (QED) is 0.908. The van der Waals surface area contributed by atoms with Gasteiger partial charge in [0.1, 0.15) is 6.61 Å². The van der Waals surface area contributed by atoms with Gasteiger partial charge in [-0.3, -0.25) is 4.79 Å². The van der Waals surface area contributed by atoms with Crippen LogP contribution >= 0.6 is 0 Å². The summed E-state index contributed by atoms with van der Waals surface area (Å²) in [5.74, 6) is -0.0356. The molecule has 0 aromatic heterocycles. The minimum absolute atomic E-state index is 0.0283. The van der Waals surface area contributed by atoms with Crippen molar-refractivity contribution in [2.75, 3.05) is 6.61 Å². The molecule has 0 saturated carbocycles. The Kier molecular flexibility index (Phi) is 4.65. The van der Waals surface area contributed by atoms with Crippen LogP contribution in [0.15, 0.2) is 48.5 Å². The van der Waals surface area contributed by atoms with Crippen molar-refractivity contribution in [2.24, 2.45) is 0 Å². The van der Waals surface area contributed by atoms with Crippen molar-refractivity contribution in [2.45, 2.75) is 32.2 Å². The van der Waals surface area contributed by atoms with E-state index in [1.807, 2.05) is 31.2 Å². The minimum Gasteiger partial charge on any atom is -0.449 e. The number of Topliss-reactive ketones (excluding diaryl/α,β-unsaturated/α-hetero) is 1. The third-order valence-electron chi connectivity index (χ3n) is 4.53. The fourth-order valence-electron chi connectivity index (χ4n) is 3.27. The first-order valence-corrected chi connectivity index (χ1v) is 8.23. The second-order valence-corrected chi connectivity index (χ2v) is 6.04. The lowest BCUT2D eigenvalue weighted by Crippen LogP contribution is -2.39. The van der Waals surface area contributed by atoms with Crippen LogP contribution in [0.4, 0.5) is 4.79 Å². The number of nitrogens with one attached hydrogen (secondary N) is 1. The molecule has 0 unspecified atom stereocenters. The zero-order valence-corrected chi connectivity index (χ0v) is 13.9. The predicted molar refractivity (Wildman–Crippen MR) is 93.0 cm³/mol. The Morgan fingerprint density at radius 2 is 1.58 bits per heavy atom. The van der Waals surface area contributed by atoms with Crippen LogP contribution in [0.1, 0.15) is 37.3 Å². The van der Waals surface area contributed by atoms with Gasteiger partial charge in [-0.15, -0.1) is 0 Å². The molecule has 24 heavy (non-hydrogen) atoms. The van der Waals surface area contributed by atoms with Gasteiger partial charge >= 0.3 is 6.09 Å². The zero-order chi connectivity index (χ0) is 17.1. The summed E-state index contributed by atoms with van der Waals surface area (Å²) in [4.78, 5) is 23.4. The summed E-state index contributed by atoms with van der Waals surface area (Å²) in [5.41, 5.74) is 4.73. The summed E-state index contributed by atoms with van der Waals surface area (Å²) < 4.78 is 5.42. The molecule has 2 aromatic rings. The second-order valence-electron chi connectivity index (χ2n) is 6.04. The number of rotatable bonds is 5. The summed E-state index contributed by atoms with van der Waals surface area (Å²) in [7, 11) is 0. The van der Waals surface area contributed by atoms with E-state index in [1.54, 1.807) is 0 Å². The van der Waals surface area contributed by atoms with Gasteiger partial charge in [-0.2, -0.15) is 0 Å². The van der Waals surface area contributed by atoms with Crippen molar-refractivity contribution in [3.05, 3.63) is 59.7 Å². The monoisotopic (exact) mass is 323 g/mol. The summed E-state index contributed by atoms with van der Waals surface area (Å²) in [6.45, 7) is 3.59. The van der Waals surface area contributed by atoms with Gasteiger partial charge in [0.25, 0.3) is 0 Å². The normalized spacial score (nSPS) is 13.8. The molecule has 0 saturated heterocycles. The van der Waals surface area contributed by atoms with E-state index >= 15 is 0 Å². The molecule has 1 amide bonds. The Morgan fingerprint density at radius 1 is 1.04 bits per heavy atom. The predicted octanol–water partition coefficient (Wildman–Crippen LogP) is 3.89. The average Bonchev–Trinajstić information content (AvgIpc) is 2.91. The van der Waals surface area contributed by atoms with E-state index in [9.17, 15) is 9.59 Å². The van der Waals surface area contributed by atoms with Gasteiger partial charge in [0, 0.05) is 5.92 Å². The highest BCUT2D eigenvalue weighted by Crippen LogP contribution is 2.44. The highest BCUT2D eigenvalue weighted by atomic mass is 16.5. The van der Waals surface area contributed by atoms with Crippen molar-refractivity contribution in [1.82, 2.24) is 5.32 Å². The van der Waals surface area contributed by atoms with Gasteiger partial charge in [-0.25, -0.2) is 4.79 Å². The summed E-state index contributed by atoms with van der Waals surface area (Å²) in [6.07, 6.45) is 0.0124. The second kappa shape index (κ2) is 6.87. The van der Waals surface area contributed by atoms with Crippen LogP contribution < -0.4 is 5.32 Å². The van der Waals surface area contributed by atoms with Crippen LogP contribution in [0, 0.1) is 0 Å². The largest absolute Gasteiger partial charge is 0.449 e. The summed E-state index contributed by atoms with van der Waals surface area (Å²) in [5, 5.41) is 2.63. The van der Waals surface area contributed by atoms with Crippen molar-refractivity contribution in [1.29, 1.82) is 0 Å². The fourth-order valence-corrected chi connectivity index (χ4v) is 3.27. The molecule has 0 spiro atoms. The highest BCUT2D eigenvalue weighted by Gasteiger charge is 2.29. The third kappa shape index (κ3) is 3.04. The van der Waals surface area contributed by atoms with E-state index in [0.717, 1.165) is 0 Å². The number of ketones is 1. The standard InChI is InChI=1S/C20H21NO3/c1-3-19(13(2)22)21-20(23)24-12-18-16-10-6-4-8-14(16)15-9-5-7-11-17(15)18/h4-11,18-19H,3,12H2,1-2H3,(H,21,23)/t19-/m1/s1. The molecule has 3 rings (SSSR count). The first-order chi connectivity index (χ1) is 11.6. The Morgan fingerprint density at radius 3 is 2.08 bits per heavy atom. The van der Waals surface area contributed by atoms with Crippen LogP contribution in [-0.4, -0.2) is 24.5 Å². The molecule has 124 valence electrons. The van der Waals surface area contributed by atoms with Gasteiger partial charge in [-0.1, -0.05) is 55.5 Å². The first kappa shape index (κ1) is 16.2. The van der Waals surface area contributed by atoms with E-state index in [4.69, 9.17) is 4.74 Å². The van der Waals surface area contributed by atoms with Crippen molar-refractivity contribution >= 4 is 11.9 Å². The van der Waals surface area contributed by atoms with Gasteiger partial charge in [-0.05, 0) is 35.6 Å². The lowest BCUT2D eigenvalue weighted by molar-refractivity contribution is -0.118. The number of ether oxygens (including phenoxy) is 1. The maximum Gasteiger partial charge on any atom is 0.407 e. The van der Waals surface area contributed by atoms with Crippen LogP contribution in [0.2, 0.25) is 0 Å². The lowest BCUT2D eigenvalue weighted by Gasteiger charge is -2.17. The summed E-state index contributed by atoms with van der Waals surface area (Å²) >= 11 is 0. The van der Waals surface area contributed by atoms with Crippen molar-refractivity contribution in [3.8, 4) is 11.1 Å². The molecule has 1 aliphatic carbocycles. The smallest absolute Gasteiger partial charge is 0.407 e. The van der Waals surface area contributed by atoms with Crippen molar-refractivity contribution < 1.29 is 14.3 Å². The molecule has 0 bridgehead atoms. The molecule has 4 nitrogen and oxygen atoms in total. The molecule has 1 atom stereocenters. The Labute approximate surface area is 141 Å². The van der Waals surface area contributed by atoms with Crippen LogP contribution in [-0.2, 0) is 9.53 Å². The van der Waals surface area contributed by atoms with Crippen molar-refractivity contribution in [3.63, 3.8) is 0 Å². The molecule has 0 aliphatic heterocycles. The number of carbonyl (C=O) groups is 2. The number of benzene rings is 2. The summed E-state index contributed by atoms with van der Waals surface area (Å²) in [6, 6.07) is 15.9. The van der Waals surface area contributed by atoms with Crippen LogP contribution in [0.5, 0.6) is 0 Å². The number of alkyl carbamates (subject to hydrolysis) is 1. The Bertz CT molecular complexity index is 723. The van der Waals surface area contributed by atoms with E-state index in [-0.39, 0.29) is 18.3 Å². The molecule has 0 heterocycles. The molecule has 2 aromatic carbocycles. The van der Waals surface area contributed by atoms with Gasteiger partial charge in [0.2, 0.25) is 0 Å².